The molecule has 0 aliphatic carbocycles. The van der Waals surface area contributed by atoms with Crippen molar-refractivity contribution in [2.45, 2.75) is 58.8 Å². The molecule has 1 saturated heterocycles. The van der Waals surface area contributed by atoms with Gasteiger partial charge in [-0.05, 0) is 52.2 Å². The molecule has 1 amide bonds. The van der Waals surface area contributed by atoms with Gasteiger partial charge in [0.2, 0.25) is 0 Å². The number of likely N-dealkylation sites (tertiary alicyclic amines) is 1. The number of carbonyl (C=O) groups excluding carboxylic acids is 2. The Morgan fingerprint density at radius 3 is 2.42 bits per heavy atom. The third-order valence-electron chi connectivity index (χ3n) is 4.08. The van der Waals surface area contributed by atoms with Gasteiger partial charge in [-0.3, -0.25) is 0 Å². The van der Waals surface area contributed by atoms with Gasteiger partial charge >= 0.3 is 12.1 Å². The van der Waals surface area contributed by atoms with Crippen molar-refractivity contribution in [3.8, 4) is 0 Å². The summed E-state index contributed by atoms with van der Waals surface area (Å²) in [6.07, 6.45) is 1.29. The molecule has 0 N–H and O–H groups in total. The van der Waals surface area contributed by atoms with Crippen molar-refractivity contribution < 1.29 is 23.8 Å². The molecule has 0 radical (unpaired) electrons. The summed E-state index contributed by atoms with van der Waals surface area (Å²) in [4.78, 5) is 25.8. The highest BCUT2D eigenvalue weighted by molar-refractivity contribution is 5.91. The topological polar surface area (TPSA) is 65.1 Å². The van der Waals surface area contributed by atoms with Crippen LogP contribution in [0, 0.1) is 0 Å². The Labute approximate surface area is 155 Å². The highest BCUT2D eigenvalue weighted by Crippen LogP contribution is 2.20. The number of nitrogens with zero attached hydrogens (tertiary/aromatic N) is 1. The first-order chi connectivity index (χ1) is 12.3. The maximum absolute atomic E-state index is 12.1. The molecule has 26 heavy (non-hydrogen) atoms. The maximum Gasteiger partial charge on any atom is 0.410 e. The first kappa shape index (κ1) is 20.2. The van der Waals surface area contributed by atoms with Crippen LogP contribution in [0.2, 0.25) is 0 Å². The number of esters is 1. The third-order valence-corrected chi connectivity index (χ3v) is 4.08. The normalized spacial score (nSPS) is 15.6. The predicted molar refractivity (Wildman–Crippen MR) is 98.0 cm³/mol. The van der Waals surface area contributed by atoms with E-state index in [0.717, 1.165) is 18.4 Å². The van der Waals surface area contributed by atoms with Crippen LogP contribution in [0.4, 0.5) is 4.79 Å². The van der Waals surface area contributed by atoms with E-state index in [1.54, 1.807) is 17.9 Å². The van der Waals surface area contributed by atoms with Gasteiger partial charge in [0.25, 0.3) is 0 Å². The summed E-state index contributed by atoms with van der Waals surface area (Å²) in [6.45, 7) is 9.29. The molecule has 0 unspecified atom stereocenters. The first-order valence-electron chi connectivity index (χ1n) is 9.14. The maximum atomic E-state index is 12.1. The van der Waals surface area contributed by atoms with Crippen molar-refractivity contribution in [3.63, 3.8) is 0 Å². The zero-order chi connectivity index (χ0) is 19.2. The molecule has 2 rings (SSSR count). The van der Waals surface area contributed by atoms with Gasteiger partial charge in [0.1, 0.15) is 5.60 Å². The Kier molecular flexibility index (Phi) is 7.03. The molecular weight excluding hydrogens is 334 g/mol. The summed E-state index contributed by atoms with van der Waals surface area (Å²) < 4.78 is 16.5. The van der Waals surface area contributed by atoms with Gasteiger partial charge in [0.05, 0.1) is 24.9 Å². The number of hydrogen-bond acceptors (Lipinski definition) is 5. The van der Waals surface area contributed by atoms with Crippen LogP contribution in [-0.2, 0) is 20.8 Å². The molecule has 1 fully saturated rings. The van der Waals surface area contributed by atoms with E-state index in [9.17, 15) is 9.59 Å². The zero-order valence-electron chi connectivity index (χ0n) is 16.1. The SMILES string of the molecule is CCOC(=O)c1ccccc1COC1CCN(C(=O)OC(C)(C)C)CC1. The second-order valence-electron chi connectivity index (χ2n) is 7.36. The van der Waals surface area contributed by atoms with Crippen LogP contribution in [0.1, 0.15) is 56.5 Å². The summed E-state index contributed by atoms with van der Waals surface area (Å²) in [6, 6.07) is 7.32. The minimum atomic E-state index is -0.485. The number of rotatable bonds is 5. The van der Waals surface area contributed by atoms with Crippen LogP contribution < -0.4 is 0 Å². The monoisotopic (exact) mass is 363 g/mol. The molecule has 0 atom stereocenters. The Morgan fingerprint density at radius 1 is 1.15 bits per heavy atom. The van der Waals surface area contributed by atoms with Gasteiger partial charge in [-0.1, -0.05) is 18.2 Å². The molecular formula is C20H29NO5. The summed E-state index contributed by atoms with van der Waals surface area (Å²) in [5.41, 5.74) is 0.877. The summed E-state index contributed by atoms with van der Waals surface area (Å²) in [5.74, 6) is -0.327. The number of ether oxygens (including phenoxy) is 3. The second-order valence-corrected chi connectivity index (χ2v) is 7.36. The lowest BCUT2D eigenvalue weighted by Gasteiger charge is -2.33. The molecule has 6 nitrogen and oxygen atoms in total. The molecule has 1 aromatic carbocycles. The Balaban J connectivity index is 1.84. The standard InChI is InChI=1S/C20H29NO5/c1-5-24-18(22)17-9-7-6-8-15(17)14-25-16-10-12-21(13-11-16)19(23)26-20(2,3)4/h6-9,16H,5,10-14H2,1-4H3. The van der Waals surface area contributed by atoms with Crippen LogP contribution in [0.3, 0.4) is 0 Å². The average Bonchev–Trinajstić information content (AvgIpc) is 2.59. The average molecular weight is 363 g/mol. The molecule has 1 aromatic rings. The largest absolute Gasteiger partial charge is 0.462 e. The van der Waals surface area contributed by atoms with Gasteiger partial charge in [-0.2, -0.15) is 0 Å². The van der Waals surface area contributed by atoms with E-state index in [4.69, 9.17) is 14.2 Å². The first-order valence-corrected chi connectivity index (χ1v) is 9.14. The van der Waals surface area contributed by atoms with E-state index in [-0.39, 0.29) is 18.2 Å². The molecule has 6 heteroatoms. The molecule has 0 aromatic heterocycles. The fourth-order valence-electron chi connectivity index (χ4n) is 2.79. The van der Waals surface area contributed by atoms with Crippen molar-refractivity contribution in [1.29, 1.82) is 0 Å². The number of benzene rings is 1. The minimum Gasteiger partial charge on any atom is -0.462 e. The Hall–Kier alpha value is -2.08. The number of hydrogen-bond donors (Lipinski definition) is 0. The molecule has 0 saturated carbocycles. The lowest BCUT2D eigenvalue weighted by Crippen LogP contribution is -2.43. The van der Waals surface area contributed by atoms with Crippen LogP contribution in [0.25, 0.3) is 0 Å². The molecule has 0 bridgehead atoms. The fraction of sp³-hybridized carbons (Fsp3) is 0.600. The van der Waals surface area contributed by atoms with Crippen molar-refractivity contribution in [3.05, 3.63) is 35.4 Å². The van der Waals surface area contributed by atoms with E-state index in [1.165, 1.54) is 0 Å². The molecule has 1 aliphatic heterocycles. The smallest absolute Gasteiger partial charge is 0.410 e. The number of carbonyl (C=O) groups is 2. The van der Waals surface area contributed by atoms with Gasteiger partial charge in [-0.15, -0.1) is 0 Å². The van der Waals surface area contributed by atoms with E-state index >= 15 is 0 Å². The molecule has 1 aliphatic rings. The van der Waals surface area contributed by atoms with Gasteiger partial charge in [0, 0.05) is 13.1 Å². The van der Waals surface area contributed by atoms with E-state index < -0.39 is 5.60 Å². The molecule has 1 heterocycles. The van der Waals surface area contributed by atoms with Gasteiger partial charge in [-0.25, -0.2) is 9.59 Å². The van der Waals surface area contributed by atoms with Crippen LogP contribution in [0.15, 0.2) is 24.3 Å². The van der Waals surface area contributed by atoms with Crippen molar-refractivity contribution in [1.82, 2.24) is 4.90 Å². The zero-order valence-corrected chi connectivity index (χ0v) is 16.1. The second kappa shape index (κ2) is 9.03. The minimum absolute atomic E-state index is 0.0592. The predicted octanol–water partition coefficient (Wildman–Crippen LogP) is 3.78. The number of piperidine rings is 1. The highest BCUT2D eigenvalue weighted by Gasteiger charge is 2.27. The number of amides is 1. The fourth-order valence-corrected chi connectivity index (χ4v) is 2.79. The van der Waals surface area contributed by atoms with Crippen molar-refractivity contribution in [2.75, 3.05) is 19.7 Å². The Morgan fingerprint density at radius 2 is 1.81 bits per heavy atom. The van der Waals surface area contributed by atoms with Crippen molar-refractivity contribution >= 4 is 12.1 Å². The summed E-state index contributed by atoms with van der Waals surface area (Å²) in [5, 5.41) is 0. The van der Waals surface area contributed by atoms with E-state index in [2.05, 4.69) is 0 Å². The lowest BCUT2D eigenvalue weighted by atomic mass is 10.1. The van der Waals surface area contributed by atoms with Crippen LogP contribution >= 0.6 is 0 Å². The molecule has 0 spiro atoms. The van der Waals surface area contributed by atoms with Gasteiger partial charge in [0.15, 0.2) is 0 Å². The van der Waals surface area contributed by atoms with Gasteiger partial charge < -0.3 is 19.1 Å². The summed E-state index contributed by atoms with van der Waals surface area (Å²) in [7, 11) is 0. The Bertz CT molecular complexity index is 615. The van der Waals surface area contributed by atoms with Crippen LogP contribution in [0.5, 0.6) is 0 Å². The van der Waals surface area contributed by atoms with Crippen LogP contribution in [-0.4, -0.2) is 48.4 Å². The quantitative estimate of drug-likeness (QED) is 0.745. The van der Waals surface area contributed by atoms with E-state index in [0.29, 0.717) is 31.9 Å². The summed E-state index contributed by atoms with van der Waals surface area (Å²) >= 11 is 0. The van der Waals surface area contributed by atoms with E-state index in [1.807, 2.05) is 39.0 Å². The highest BCUT2D eigenvalue weighted by atomic mass is 16.6. The molecule has 144 valence electrons. The lowest BCUT2D eigenvalue weighted by molar-refractivity contribution is -0.0174. The third kappa shape index (κ3) is 6.02. The van der Waals surface area contributed by atoms with Crippen molar-refractivity contribution in [2.24, 2.45) is 0 Å².